The van der Waals surface area contributed by atoms with Crippen molar-refractivity contribution in [1.29, 1.82) is 0 Å². The third kappa shape index (κ3) is 12.0. The van der Waals surface area contributed by atoms with Crippen LogP contribution in [0.25, 0.3) is 0 Å². The minimum atomic E-state index is -0.0843. The van der Waals surface area contributed by atoms with Crippen molar-refractivity contribution in [2.75, 3.05) is 26.4 Å². The first-order chi connectivity index (χ1) is 20.6. The van der Waals surface area contributed by atoms with E-state index in [1.807, 2.05) is 48.5 Å². The van der Waals surface area contributed by atoms with Gasteiger partial charge in [0.2, 0.25) is 0 Å². The number of carbonyl (C=O) groups excluding carboxylic acids is 2. The van der Waals surface area contributed by atoms with Crippen molar-refractivity contribution in [2.24, 2.45) is 0 Å². The van der Waals surface area contributed by atoms with Gasteiger partial charge in [-0.3, -0.25) is 9.59 Å². The summed E-state index contributed by atoms with van der Waals surface area (Å²) in [7, 11) is 0. The van der Waals surface area contributed by atoms with Crippen LogP contribution in [0.3, 0.4) is 0 Å². The van der Waals surface area contributed by atoms with Crippen LogP contribution in [0.1, 0.15) is 72.1 Å². The fourth-order valence-corrected chi connectivity index (χ4v) is 4.17. The molecule has 3 aromatic rings. The number of carbonyl (C=O) groups is 2. The third-order valence-electron chi connectivity index (χ3n) is 6.62. The van der Waals surface area contributed by atoms with Crippen LogP contribution >= 0.6 is 0 Å². The van der Waals surface area contributed by atoms with E-state index in [0.717, 1.165) is 74.4 Å². The van der Waals surface area contributed by atoms with Crippen LogP contribution in [0, 0.1) is 0 Å². The lowest BCUT2D eigenvalue weighted by Gasteiger charge is -2.09. The molecule has 0 saturated carbocycles. The van der Waals surface area contributed by atoms with Crippen molar-refractivity contribution in [3.05, 3.63) is 109 Å². The monoisotopic (exact) mass is 570 g/mol. The maximum atomic E-state index is 11.6. The average molecular weight is 571 g/mol. The Balaban J connectivity index is 1.14. The molecule has 3 rings (SSSR count). The van der Waals surface area contributed by atoms with Gasteiger partial charge in [-0.2, -0.15) is 0 Å². The van der Waals surface area contributed by atoms with E-state index < -0.39 is 0 Å². The molecule has 0 N–H and O–H groups in total. The van der Waals surface area contributed by atoms with Crippen LogP contribution < -0.4 is 18.9 Å². The maximum absolute atomic E-state index is 11.6. The highest BCUT2D eigenvalue weighted by atomic mass is 16.5. The molecular formula is C36H42O6. The van der Waals surface area contributed by atoms with Gasteiger partial charge in [0.1, 0.15) is 23.0 Å². The maximum Gasteiger partial charge on any atom is 0.185 e. The Labute approximate surface area is 250 Å². The van der Waals surface area contributed by atoms with Crippen molar-refractivity contribution < 1.29 is 28.5 Å². The van der Waals surface area contributed by atoms with Crippen molar-refractivity contribution in [3.63, 3.8) is 0 Å². The fraction of sp³-hybridized carbons (Fsp3) is 0.333. The van der Waals surface area contributed by atoms with E-state index in [0.29, 0.717) is 37.6 Å². The Morgan fingerprint density at radius 3 is 0.905 bits per heavy atom. The molecule has 0 spiro atoms. The summed E-state index contributed by atoms with van der Waals surface area (Å²) in [6, 6.07) is 22.1. The molecule has 6 nitrogen and oxygen atoms in total. The zero-order chi connectivity index (χ0) is 29.8. The smallest absolute Gasteiger partial charge is 0.185 e. The molecule has 6 heteroatoms. The summed E-state index contributed by atoms with van der Waals surface area (Å²) >= 11 is 0. The van der Waals surface area contributed by atoms with Crippen molar-refractivity contribution in [1.82, 2.24) is 0 Å². The first-order valence-corrected chi connectivity index (χ1v) is 14.7. The number of hydrogen-bond donors (Lipinski definition) is 0. The van der Waals surface area contributed by atoms with Gasteiger partial charge in [0.15, 0.2) is 11.6 Å². The lowest BCUT2D eigenvalue weighted by atomic mass is 10.1. The second-order valence-electron chi connectivity index (χ2n) is 9.88. The Bertz CT molecular complexity index is 1130. The molecule has 0 fully saturated rings. The first-order valence-electron chi connectivity index (χ1n) is 14.7. The van der Waals surface area contributed by atoms with E-state index in [1.54, 1.807) is 24.3 Å². The molecule has 0 aliphatic rings. The zero-order valence-corrected chi connectivity index (χ0v) is 24.4. The average Bonchev–Trinajstić information content (AvgIpc) is 3.04. The van der Waals surface area contributed by atoms with Crippen molar-refractivity contribution >= 4 is 11.6 Å². The minimum absolute atomic E-state index is 0.0843. The summed E-state index contributed by atoms with van der Waals surface area (Å²) in [4.78, 5) is 23.1. The molecule has 42 heavy (non-hydrogen) atoms. The second kappa shape index (κ2) is 18.9. The number of allylic oxidation sites excluding steroid dienone is 2. The SMILES string of the molecule is C=CC(=O)c1ccc(OCCCCCCOc2ccc(OCCCCCCOc3ccc(C(=O)C=C)cc3)cc2)cc1. The van der Waals surface area contributed by atoms with E-state index in [9.17, 15) is 9.59 Å². The van der Waals surface area contributed by atoms with Crippen LogP contribution in [0.5, 0.6) is 23.0 Å². The summed E-state index contributed by atoms with van der Waals surface area (Å²) in [6.07, 6.45) is 10.9. The highest BCUT2D eigenvalue weighted by Gasteiger charge is 2.03. The van der Waals surface area contributed by atoms with E-state index >= 15 is 0 Å². The van der Waals surface area contributed by atoms with Gasteiger partial charge >= 0.3 is 0 Å². The second-order valence-corrected chi connectivity index (χ2v) is 9.88. The lowest BCUT2D eigenvalue weighted by Crippen LogP contribution is -2.01. The fourth-order valence-electron chi connectivity index (χ4n) is 4.17. The molecule has 0 unspecified atom stereocenters. The van der Waals surface area contributed by atoms with Crippen molar-refractivity contribution in [2.45, 2.75) is 51.4 Å². The number of ether oxygens (including phenoxy) is 4. The number of unbranched alkanes of at least 4 members (excludes halogenated alkanes) is 6. The zero-order valence-electron chi connectivity index (χ0n) is 24.4. The van der Waals surface area contributed by atoms with Gasteiger partial charge in [-0.1, -0.05) is 13.2 Å². The molecule has 0 bridgehead atoms. The van der Waals surface area contributed by atoms with E-state index in [-0.39, 0.29) is 11.6 Å². The van der Waals surface area contributed by atoms with Gasteiger partial charge in [0.05, 0.1) is 26.4 Å². The van der Waals surface area contributed by atoms with Gasteiger partial charge in [-0.05, 0) is 136 Å². The molecule has 0 heterocycles. The minimum Gasteiger partial charge on any atom is -0.494 e. The van der Waals surface area contributed by atoms with Gasteiger partial charge in [0.25, 0.3) is 0 Å². The highest BCUT2D eigenvalue weighted by molar-refractivity contribution is 6.04. The molecule has 3 aromatic carbocycles. The predicted molar refractivity (Wildman–Crippen MR) is 167 cm³/mol. The normalized spacial score (nSPS) is 10.5. The van der Waals surface area contributed by atoms with Gasteiger partial charge in [0, 0.05) is 11.1 Å². The topological polar surface area (TPSA) is 71.1 Å². The quantitative estimate of drug-likeness (QED) is 0.0686. The van der Waals surface area contributed by atoms with Gasteiger partial charge < -0.3 is 18.9 Å². The highest BCUT2D eigenvalue weighted by Crippen LogP contribution is 2.19. The molecule has 0 aliphatic heterocycles. The molecular weight excluding hydrogens is 528 g/mol. The van der Waals surface area contributed by atoms with Crippen LogP contribution in [0.4, 0.5) is 0 Å². The standard InChI is InChI=1S/C36H42O6/c1-3-35(37)29-13-17-31(18-14-29)39-25-9-5-7-11-27-41-33-21-23-34(24-22-33)42-28-12-8-6-10-26-40-32-19-15-30(16-20-32)36(38)4-2/h3-4,13-24H,1-2,5-12,25-28H2. The van der Waals surface area contributed by atoms with Gasteiger partial charge in [-0.25, -0.2) is 0 Å². The summed E-state index contributed by atoms with van der Waals surface area (Å²) in [5.74, 6) is 3.09. The van der Waals surface area contributed by atoms with E-state index in [1.165, 1.54) is 12.2 Å². The molecule has 0 amide bonds. The molecule has 0 atom stereocenters. The van der Waals surface area contributed by atoms with E-state index in [2.05, 4.69) is 13.2 Å². The summed E-state index contributed by atoms with van der Waals surface area (Å²) in [6.45, 7) is 9.68. The molecule has 0 aliphatic carbocycles. The molecule has 0 saturated heterocycles. The third-order valence-corrected chi connectivity index (χ3v) is 6.62. The lowest BCUT2D eigenvalue weighted by molar-refractivity contribution is 0.103. The Hall–Kier alpha value is -4.32. The summed E-state index contributed by atoms with van der Waals surface area (Å²) in [5.41, 5.74) is 1.24. The predicted octanol–water partition coefficient (Wildman–Crippen LogP) is 8.46. The number of rotatable bonds is 22. The Kier molecular flexibility index (Phi) is 14.5. The van der Waals surface area contributed by atoms with Crippen LogP contribution in [-0.2, 0) is 0 Å². The summed E-state index contributed by atoms with van der Waals surface area (Å²) < 4.78 is 23.2. The summed E-state index contributed by atoms with van der Waals surface area (Å²) in [5, 5.41) is 0. The largest absolute Gasteiger partial charge is 0.494 e. The molecule has 222 valence electrons. The van der Waals surface area contributed by atoms with Crippen LogP contribution in [0.2, 0.25) is 0 Å². The number of hydrogen-bond acceptors (Lipinski definition) is 6. The molecule has 0 radical (unpaired) electrons. The Morgan fingerprint density at radius 1 is 0.429 bits per heavy atom. The van der Waals surface area contributed by atoms with Gasteiger partial charge in [-0.15, -0.1) is 0 Å². The van der Waals surface area contributed by atoms with E-state index in [4.69, 9.17) is 18.9 Å². The number of ketones is 2. The Morgan fingerprint density at radius 2 is 0.667 bits per heavy atom. The first kappa shape index (κ1) is 32.2. The van der Waals surface area contributed by atoms with Crippen LogP contribution in [-0.4, -0.2) is 38.0 Å². The van der Waals surface area contributed by atoms with Crippen molar-refractivity contribution in [3.8, 4) is 23.0 Å². The number of benzene rings is 3. The molecule has 0 aromatic heterocycles. The van der Waals surface area contributed by atoms with Crippen LogP contribution in [0.15, 0.2) is 98.1 Å².